The van der Waals surface area contributed by atoms with Gasteiger partial charge < -0.3 is 24.4 Å². The van der Waals surface area contributed by atoms with E-state index in [1.165, 1.54) is 7.11 Å². The maximum atomic E-state index is 12.4. The van der Waals surface area contributed by atoms with Crippen LogP contribution in [0.2, 0.25) is 0 Å². The number of piperidine rings is 1. The number of benzene rings is 1. The van der Waals surface area contributed by atoms with Crippen LogP contribution in [0.4, 0.5) is 5.69 Å². The van der Waals surface area contributed by atoms with Gasteiger partial charge in [0, 0.05) is 44.6 Å². The van der Waals surface area contributed by atoms with Gasteiger partial charge in [-0.3, -0.25) is 4.79 Å². The van der Waals surface area contributed by atoms with E-state index in [1.807, 2.05) is 11.0 Å². The van der Waals surface area contributed by atoms with Gasteiger partial charge in [0.25, 0.3) is 0 Å². The van der Waals surface area contributed by atoms with Crippen LogP contribution in [0.3, 0.4) is 0 Å². The lowest BCUT2D eigenvalue weighted by Gasteiger charge is -2.37. The summed E-state index contributed by atoms with van der Waals surface area (Å²) < 4.78 is 16.1. The smallest absolute Gasteiger partial charge is 0.339 e. The van der Waals surface area contributed by atoms with Crippen LogP contribution in [-0.4, -0.2) is 62.5 Å². The summed E-state index contributed by atoms with van der Waals surface area (Å²) in [6.45, 7) is 3.03. The maximum Gasteiger partial charge on any atom is 0.339 e. The Morgan fingerprint density at radius 1 is 1.20 bits per heavy atom. The molecule has 1 spiro atoms. The van der Waals surface area contributed by atoms with Crippen molar-refractivity contribution in [2.45, 2.75) is 25.0 Å². The van der Waals surface area contributed by atoms with Gasteiger partial charge in [0.1, 0.15) is 0 Å². The summed E-state index contributed by atoms with van der Waals surface area (Å²) in [6.07, 6.45) is 1.80. The van der Waals surface area contributed by atoms with Crippen LogP contribution in [0.5, 0.6) is 0 Å². The first-order valence-corrected chi connectivity index (χ1v) is 8.60. The fourth-order valence-electron chi connectivity index (χ4n) is 3.27. The molecule has 2 heterocycles. The minimum absolute atomic E-state index is 0.0934. The summed E-state index contributed by atoms with van der Waals surface area (Å²) in [7, 11) is 1.35. The Balaban J connectivity index is 1.47. The normalized spacial score (nSPS) is 19.0. The standard InChI is InChI=1S/C18H24N2O5/c1-23-17(22)14-4-2-3-5-15(14)19-9-6-16(21)20-10-7-18(8-11-20)24-12-13-25-18/h2-5,19H,6-13H2,1H3. The lowest BCUT2D eigenvalue weighted by Crippen LogP contribution is -2.47. The van der Waals surface area contributed by atoms with E-state index in [0.717, 1.165) is 12.8 Å². The number of hydrogen-bond acceptors (Lipinski definition) is 6. The van der Waals surface area contributed by atoms with Crippen molar-refractivity contribution < 1.29 is 23.8 Å². The molecule has 136 valence electrons. The number of esters is 1. The van der Waals surface area contributed by atoms with E-state index in [-0.39, 0.29) is 5.91 Å². The Morgan fingerprint density at radius 2 is 1.88 bits per heavy atom. The number of carbonyl (C=O) groups is 2. The van der Waals surface area contributed by atoms with Crippen LogP contribution in [0.25, 0.3) is 0 Å². The number of nitrogens with one attached hydrogen (secondary N) is 1. The Kier molecular flexibility index (Phi) is 5.55. The first kappa shape index (κ1) is 17.7. The zero-order chi connectivity index (χ0) is 17.7. The third kappa shape index (κ3) is 4.11. The number of nitrogens with zero attached hydrogens (tertiary/aromatic N) is 1. The average molecular weight is 348 g/mol. The van der Waals surface area contributed by atoms with E-state index >= 15 is 0 Å². The van der Waals surface area contributed by atoms with Crippen LogP contribution in [0, 0.1) is 0 Å². The van der Waals surface area contributed by atoms with Gasteiger partial charge in [0.15, 0.2) is 5.79 Å². The van der Waals surface area contributed by atoms with E-state index in [4.69, 9.17) is 14.2 Å². The number of carbonyl (C=O) groups excluding carboxylic acids is 2. The first-order chi connectivity index (χ1) is 12.1. The molecule has 1 aromatic rings. The summed E-state index contributed by atoms with van der Waals surface area (Å²) in [5.41, 5.74) is 1.14. The number of methoxy groups -OCH3 is 1. The number of hydrogen-bond donors (Lipinski definition) is 1. The van der Waals surface area contributed by atoms with Crippen LogP contribution >= 0.6 is 0 Å². The molecule has 0 unspecified atom stereocenters. The average Bonchev–Trinajstić information content (AvgIpc) is 3.10. The predicted molar refractivity (Wildman–Crippen MR) is 91.3 cm³/mol. The maximum absolute atomic E-state index is 12.4. The molecule has 1 aromatic carbocycles. The Bertz CT molecular complexity index is 618. The van der Waals surface area contributed by atoms with Crippen molar-refractivity contribution in [3.63, 3.8) is 0 Å². The highest BCUT2D eigenvalue weighted by atomic mass is 16.7. The number of ether oxygens (including phenoxy) is 3. The number of anilines is 1. The Morgan fingerprint density at radius 3 is 2.56 bits per heavy atom. The van der Waals surface area contributed by atoms with E-state index in [1.54, 1.807) is 18.2 Å². The molecule has 1 N–H and O–H groups in total. The molecule has 2 fully saturated rings. The molecule has 25 heavy (non-hydrogen) atoms. The van der Waals surface area contributed by atoms with Crippen molar-refractivity contribution in [1.29, 1.82) is 0 Å². The van der Waals surface area contributed by atoms with E-state index in [2.05, 4.69) is 5.32 Å². The molecule has 0 bridgehead atoms. The van der Waals surface area contributed by atoms with Gasteiger partial charge in [-0.1, -0.05) is 12.1 Å². The molecule has 7 heteroatoms. The van der Waals surface area contributed by atoms with Crippen molar-refractivity contribution in [3.8, 4) is 0 Å². The van der Waals surface area contributed by atoms with Crippen molar-refractivity contribution in [2.75, 3.05) is 45.3 Å². The molecular weight excluding hydrogens is 324 g/mol. The lowest BCUT2D eigenvalue weighted by atomic mass is 10.0. The predicted octanol–water partition coefficient (Wildman–Crippen LogP) is 1.64. The number of para-hydroxylation sites is 1. The van der Waals surface area contributed by atoms with E-state index in [0.29, 0.717) is 50.5 Å². The van der Waals surface area contributed by atoms with Gasteiger partial charge in [0.05, 0.1) is 25.9 Å². The molecule has 0 aromatic heterocycles. The monoisotopic (exact) mass is 348 g/mol. The fourth-order valence-corrected chi connectivity index (χ4v) is 3.27. The molecule has 2 aliphatic rings. The van der Waals surface area contributed by atoms with Gasteiger partial charge >= 0.3 is 5.97 Å². The third-order valence-corrected chi connectivity index (χ3v) is 4.68. The lowest BCUT2D eigenvalue weighted by molar-refractivity contribution is -0.187. The summed E-state index contributed by atoms with van der Waals surface area (Å²) >= 11 is 0. The summed E-state index contributed by atoms with van der Waals surface area (Å²) in [4.78, 5) is 26.0. The molecule has 0 saturated carbocycles. The van der Waals surface area contributed by atoms with E-state index < -0.39 is 11.8 Å². The van der Waals surface area contributed by atoms with Gasteiger partial charge in [-0.15, -0.1) is 0 Å². The fraction of sp³-hybridized carbons (Fsp3) is 0.556. The molecule has 0 aliphatic carbocycles. The van der Waals surface area contributed by atoms with Crippen molar-refractivity contribution in [3.05, 3.63) is 29.8 Å². The van der Waals surface area contributed by atoms with Crippen molar-refractivity contribution in [1.82, 2.24) is 4.90 Å². The first-order valence-electron chi connectivity index (χ1n) is 8.60. The van der Waals surface area contributed by atoms with Crippen molar-refractivity contribution in [2.24, 2.45) is 0 Å². The molecule has 7 nitrogen and oxygen atoms in total. The molecular formula is C18H24N2O5. The van der Waals surface area contributed by atoms with Gasteiger partial charge in [-0.2, -0.15) is 0 Å². The highest BCUT2D eigenvalue weighted by Gasteiger charge is 2.40. The molecule has 2 saturated heterocycles. The minimum Gasteiger partial charge on any atom is -0.465 e. The highest BCUT2D eigenvalue weighted by Crippen LogP contribution is 2.31. The second-order valence-electron chi connectivity index (χ2n) is 6.20. The van der Waals surface area contributed by atoms with Crippen molar-refractivity contribution >= 4 is 17.6 Å². The SMILES string of the molecule is COC(=O)c1ccccc1NCCC(=O)N1CCC2(CC1)OCCO2. The molecule has 2 aliphatic heterocycles. The molecule has 3 rings (SSSR count). The number of rotatable bonds is 5. The second-order valence-corrected chi connectivity index (χ2v) is 6.20. The zero-order valence-electron chi connectivity index (χ0n) is 14.5. The number of amides is 1. The van der Waals surface area contributed by atoms with E-state index in [9.17, 15) is 9.59 Å². The molecule has 0 radical (unpaired) electrons. The minimum atomic E-state index is -0.464. The Hall–Kier alpha value is -2.12. The highest BCUT2D eigenvalue weighted by molar-refractivity contribution is 5.95. The molecule has 1 amide bonds. The summed E-state index contributed by atoms with van der Waals surface area (Å²) in [5.74, 6) is -0.766. The zero-order valence-corrected chi connectivity index (χ0v) is 14.5. The van der Waals surface area contributed by atoms with Crippen LogP contribution in [-0.2, 0) is 19.0 Å². The summed E-state index contributed by atoms with van der Waals surface area (Å²) in [5, 5.41) is 3.15. The molecule has 0 atom stereocenters. The van der Waals surface area contributed by atoms with Gasteiger partial charge in [0.2, 0.25) is 5.91 Å². The second kappa shape index (κ2) is 7.84. The number of likely N-dealkylation sites (tertiary alicyclic amines) is 1. The van der Waals surface area contributed by atoms with Crippen LogP contribution in [0.15, 0.2) is 24.3 Å². The quantitative estimate of drug-likeness (QED) is 0.815. The van der Waals surface area contributed by atoms with Crippen LogP contribution in [0.1, 0.15) is 29.6 Å². The van der Waals surface area contributed by atoms with Gasteiger partial charge in [-0.25, -0.2) is 4.79 Å². The largest absolute Gasteiger partial charge is 0.465 e. The Labute approximate surface area is 147 Å². The third-order valence-electron chi connectivity index (χ3n) is 4.68. The topological polar surface area (TPSA) is 77.1 Å². The summed E-state index contributed by atoms with van der Waals surface area (Å²) in [6, 6.07) is 7.11. The van der Waals surface area contributed by atoms with Gasteiger partial charge in [-0.05, 0) is 12.1 Å². The van der Waals surface area contributed by atoms with Crippen LogP contribution < -0.4 is 5.32 Å².